The summed E-state index contributed by atoms with van der Waals surface area (Å²) in [5.41, 5.74) is 0.645. The first-order chi connectivity index (χ1) is 9.04. The first-order valence-electron chi connectivity index (χ1n) is 5.35. The van der Waals surface area contributed by atoms with Gasteiger partial charge in [0.15, 0.2) is 11.6 Å². The smallest absolute Gasteiger partial charge is 0.161 e. The highest BCUT2D eigenvalue weighted by atomic mass is 35.5. The van der Waals surface area contributed by atoms with E-state index in [9.17, 15) is 13.2 Å². The van der Waals surface area contributed by atoms with Crippen LogP contribution >= 0.6 is 11.6 Å². The molecule has 0 saturated heterocycles. The molecule has 96 valence electrons. The summed E-state index contributed by atoms with van der Waals surface area (Å²) in [4.78, 5) is 6.76. The van der Waals surface area contributed by atoms with Crippen molar-refractivity contribution < 1.29 is 13.2 Å². The Morgan fingerprint density at radius 1 is 0.947 bits per heavy atom. The van der Waals surface area contributed by atoms with Crippen LogP contribution in [0.25, 0.3) is 22.4 Å². The molecule has 1 heterocycles. The average Bonchev–Trinajstić information content (AvgIpc) is 2.75. The molecule has 0 atom stereocenters. The summed E-state index contributed by atoms with van der Waals surface area (Å²) < 4.78 is 39.8. The highest BCUT2D eigenvalue weighted by molar-refractivity contribution is 6.30. The van der Waals surface area contributed by atoms with Crippen LogP contribution in [0.2, 0.25) is 5.02 Å². The molecule has 0 unspecified atom stereocenters. The predicted octanol–water partition coefficient (Wildman–Crippen LogP) is 4.30. The highest BCUT2D eigenvalue weighted by Crippen LogP contribution is 2.26. The Morgan fingerprint density at radius 2 is 1.68 bits per heavy atom. The summed E-state index contributed by atoms with van der Waals surface area (Å²) in [7, 11) is 0. The zero-order chi connectivity index (χ0) is 13.6. The molecule has 0 saturated carbocycles. The van der Waals surface area contributed by atoms with Crippen molar-refractivity contribution in [2.75, 3.05) is 0 Å². The normalized spacial score (nSPS) is 11.2. The number of aromatic amines is 1. The summed E-state index contributed by atoms with van der Waals surface area (Å²) in [6.07, 6.45) is 0. The van der Waals surface area contributed by atoms with Gasteiger partial charge in [-0.05, 0) is 18.2 Å². The fourth-order valence-electron chi connectivity index (χ4n) is 1.81. The number of halogens is 4. The second-order valence-electron chi connectivity index (χ2n) is 3.99. The maximum Gasteiger partial charge on any atom is 0.161 e. The lowest BCUT2D eigenvalue weighted by atomic mass is 10.2. The van der Waals surface area contributed by atoms with Crippen molar-refractivity contribution in [2.45, 2.75) is 0 Å². The van der Waals surface area contributed by atoms with Crippen molar-refractivity contribution in [3.05, 3.63) is 52.8 Å². The van der Waals surface area contributed by atoms with E-state index in [-0.39, 0.29) is 22.4 Å². The Hall–Kier alpha value is -2.01. The Morgan fingerprint density at radius 3 is 2.47 bits per heavy atom. The minimum absolute atomic E-state index is 0.143. The molecule has 2 nitrogen and oxygen atoms in total. The van der Waals surface area contributed by atoms with E-state index >= 15 is 0 Å². The maximum atomic E-state index is 13.7. The van der Waals surface area contributed by atoms with Gasteiger partial charge in [-0.15, -0.1) is 0 Å². The molecule has 1 aromatic heterocycles. The molecule has 0 radical (unpaired) electrons. The van der Waals surface area contributed by atoms with Crippen molar-refractivity contribution >= 4 is 22.6 Å². The first-order valence-corrected chi connectivity index (χ1v) is 5.72. The molecule has 19 heavy (non-hydrogen) atoms. The number of nitrogens with zero attached hydrogens (tertiary/aromatic N) is 1. The van der Waals surface area contributed by atoms with E-state index in [2.05, 4.69) is 9.97 Å². The van der Waals surface area contributed by atoms with E-state index < -0.39 is 17.5 Å². The molecule has 0 spiro atoms. The standard InChI is InChI=1S/C13H6ClF3N2/c14-6-1-2-8(15)7(3-6)13-18-11-4-9(16)10(17)5-12(11)19-13/h1-5H,(H,18,19). The van der Waals surface area contributed by atoms with Crippen LogP contribution in [-0.2, 0) is 0 Å². The quantitative estimate of drug-likeness (QED) is 0.708. The van der Waals surface area contributed by atoms with Gasteiger partial charge in [0, 0.05) is 17.2 Å². The molecule has 0 bridgehead atoms. The summed E-state index contributed by atoms with van der Waals surface area (Å²) >= 11 is 5.79. The summed E-state index contributed by atoms with van der Waals surface area (Å²) in [6.45, 7) is 0. The minimum Gasteiger partial charge on any atom is -0.338 e. The van der Waals surface area contributed by atoms with Gasteiger partial charge >= 0.3 is 0 Å². The van der Waals surface area contributed by atoms with Crippen molar-refractivity contribution in [3.8, 4) is 11.4 Å². The molecule has 6 heteroatoms. The third-order valence-corrected chi connectivity index (χ3v) is 2.94. The molecular formula is C13H6ClF3N2. The van der Waals surface area contributed by atoms with Gasteiger partial charge in [-0.1, -0.05) is 11.6 Å². The van der Waals surface area contributed by atoms with E-state index in [1.165, 1.54) is 18.2 Å². The van der Waals surface area contributed by atoms with Crippen LogP contribution < -0.4 is 0 Å². The van der Waals surface area contributed by atoms with E-state index in [0.29, 0.717) is 5.02 Å². The molecule has 0 aliphatic rings. The van der Waals surface area contributed by atoms with Gasteiger partial charge in [-0.3, -0.25) is 0 Å². The van der Waals surface area contributed by atoms with Crippen molar-refractivity contribution in [2.24, 2.45) is 0 Å². The van der Waals surface area contributed by atoms with Crippen LogP contribution in [0.4, 0.5) is 13.2 Å². The van der Waals surface area contributed by atoms with Gasteiger partial charge < -0.3 is 4.98 Å². The lowest BCUT2D eigenvalue weighted by molar-refractivity contribution is 0.510. The van der Waals surface area contributed by atoms with Crippen molar-refractivity contribution in [1.82, 2.24) is 9.97 Å². The summed E-state index contributed by atoms with van der Waals surface area (Å²) in [5, 5.41) is 0.342. The Kier molecular flexibility index (Phi) is 2.71. The molecule has 0 aliphatic heterocycles. The van der Waals surface area contributed by atoms with Gasteiger partial charge in [0.05, 0.1) is 16.6 Å². The molecular weight excluding hydrogens is 277 g/mol. The molecule has 3 aromatic rings. The number of imidazole rings is 1. The van der Waals surface area contributed by atoms with Crippen LogP contribution in [0.5, 0.6) is 0 Å². The number of benzene rings is 2. The highest BCUT2D eigenvalue weighted by Gasteiger charge is 2.13. The Labute approximate surface area is 110 Å². The fraction of sp³-hybridized carbons (Fsp3) is 0. The number of fused-ring (bicyclic) bond motifs is 1. The molecule has 2 aromatic carbocycles. The lowest BCUT2D eigenvalue weighted by Crippen LogP contribution is -1.86. The van der Waals surface area contributed by atoms with E-state index in [1.807, 2.05) is 0 Å². The number of aromatic nitrogens is 2. The van der Waals surface area contributed by atoms with E-state index in [4.69, 9.17) is 11.6 Å². The molecule has 1 N–H and O–H groups in total. The van der Waals surface area contributed by atoms with Crippen LogP contribution in [0, 0.1) is 17.5 Å². The molecule has 0 fully saturated rings. The minimum atomic E-state index is -1.00. The third kappa shape index (κ3) is 2.06. The Bertz CT molecular complexity index is 744. The van der Waals surface area contributed by atoms with E-state index in [0.717, 1.165) is 12.1 Å². The van der Waals surface area contributed by atoms with Crippen molar-refractivity contribution in [3.63, 3.8) is 0 Å². The number of hydrogen-bond donors (Lipinski definition) is 1. The van der Waals surface area contributed by atoms with Crippen LogP contribution in [0.1, 0.15) is 0 Å². The largest absolute Gasteiger partial charge is 0.338 e. The number of H-pyrrole nitrogens is 1. The number of nitrogens with one attached hydrogen (secondary N) is 1. The second kappa shape index (κ2) is 4.28. The fourth-order valence-corrected chi connectivity index (χ4v) is 1.98. The van der Waals surface area contributed by atoms with Gasteiger partial charge in [0.25, 0.3) is 0 Å². The zero-order valence-electron chi connectivity index (χ0n) is 9.35. The van der Waals surface area contributed by atoms with Gasteiger partial charge in [0.1, 0.15) is 11.6 Å². The number of rotatable bonds is 1. The summed E-state index contributed by atoms with van der Waals surface area (Å²) in [5.74, 6) is -2.35. The Balaban J connectivity index is 2.23. The van der Waals surface area contributed by atoms with Gasteiger partial charge in [-0.25, -0.2) is 18.2 Å². The van der Waals surface area contributed by atoms with E-state index in [1.54, 1.807) is 0 Å². The third-order valence-electron chi connectivity index (χ3n) is 2.71. The van der Waals surface area contributed by atoms with Crippen LogP contribution in [-0.4, -0.2) is 9.97 Å². The van der Waals surface area contributed by atoms with Gasteiger partial charge in [0.2, 0.25) is 0 Å². The zero-order valence-corrected chi connectivity index (χ0v) is 10.1. The second-order valence-corrected chi connectivity index (χ2v) is 4.43. The van der Waals surface area contributed by atoms with Crippen LogP contribution in [0.3, 0.4) is 0 Å². The van der Waals surface area contributed by atoms with Gasteiger partial charge in [-0.2, -0.15) is 0 Å². The lowest BCUT2D eigenvalue weighted by Gasteiger charge is -1.99. The predicted molar refractivity (Wildman–Crippen MR) is 66.4 cm³/mol. The molecule has 3 rings (SSSR count). The maximum absolute atomic E-state index is 13.7. The average molecular weight is 283 g/mol. The van der Waals surface area contributed by atoms with Crippen molar-refractivity contribution in [1.29, 1.82) is 0 Å². The number of hydrogen-bond acceptors (Lipinski definition) is 1. The molecule has 0 amide bonds. The monoisotopic (exact) mass is 282 g/mol. The van der Waals surface area contributed by atoms with Crippen LogP contribution in [0.15, 0.2) is 30.3 Å². The SMILES string of the molecule is Fc1cc2nc(-c3cc(Cl)ccc3F)[nH]c2cc1F. The summed E-state index contributed by atoms with van der Waals surface area (Å²) in [6, 6.07) is 5.92. The topological polar surface area (TPSA) is 28.7 Å². The molecule has 0 aliphatic carbocycles. The first kappa shape index (κ1) is 12.0.